The maximum absolute atomic E-state index is 12.3. The van der Waals surface area contributed by atoms with Crippen LogP contribution >= 0.6 is 22.9 Å². The largest absolute Gasteiger partial charge is 0.348 e. The molecule has 4 rings (SSSR count). The van der Waals surface area contributed by atoms with Gasteiger partial charge in [-0.2, -0.15) is 0 Å². The normalized spacial score (nSPS) is 10.9. The minimum atomic E-state index is -0.132. The summed E-state index contributed by atoms with van der Waals surface area (Å²) in [6.45, 7) is 2.38. The number of aryl methyl sites for hydroxylation is 1. The molecular weight excluding hydrogens is 376 g/mol. The molecule has 5 heteroatoms. The van der Waals surface area contributed by atoms with Gasteiger partial charge in [0.25, 0.3) is 5.91 Å². The van der Waals surface area contributed by atoms with Crippen LogP contribution in [0.15, 0.2) is 66.7 Å². The van der Waals surface area contributed by atoms with E-state index < -0.39 is 0 Å². The zero-order valence-corrected chi connectivity index (χ0v) is 16.3. The first-order valence-corrected chi connectivity index (χ1v) is 9.79. The number of amides is 1. The highest BCUT2D eigenvalue weighted by Crippen LogP contribution is 2.30. The van der Waals surface area contributed by atoms with Gasteiger partial charge in [0.15, 0.2) is 0 Å². The number of nitrogens with one attached hydrogen (secondary N) is 1. The Kier molecular flexibility index (Phi) is 4.92. The van der Waals surface area contributed by atoms with Crippen molar-refractivity contribution >= 4 is 39.1 Å². The molecule has 0 spiro atoms. The van der Waals surface area contributed by atoms with Crippen LogP contribution in [0, 0.1) is 6.92 Å². The number of fused-ring (bicyclic) bond motifs is 1. The van der Waals surface area contributed by atoms with Crippen LogP contribution in [0.5, 0.6) is 0 Å². The van der Waals surface area contributed by atoms with Gasteiger partial charge in [-0.25, -0.2) is 4.98 Å². The third-order valence-corrected chi connectivity index (χ3v) is 5.87. The van der Waals surface area contributed by atoms with E-state index in [2.05, 4.69) is 16.4 Å². The summed E-state index contributed by atoms with van der Waals surface area (Å²) in [5.74, 6) is -0.132. The van der Waals surface area contributed by atoms with Gasteiger partial charge in [0.05, 0.1) is 10.2 Å². The fraction of sp³-hybridized carbons (Fsp3) is 0.0909. The van der Waals surface area contributed by atoms with Crippen molar-refractivity contribution in [3.05, 3.63) is 88.4 Å². The van der Waals surface area contributed by atoms with Crippen molar-refractivity contribution in [1.82, 2.24) is 10.3 Å². The minimum absolute atomic E-state index is 0.132. The van der Waals surface area contributed by atoms with Gasteiger partial charge in [-0.1, -0.05) is 54.1 Å². The molecule has 134 valence electrons. The Bertz CT molecular complexity index is 1090. The summed E-state index contributed by atoms with van der Waals surface area (Å²) in [6, 6.07) is 21.6. The van der Waals surface area contributed by atoms with E-state index in [9.17, 15) is 4.79 Å². The molecule has 0 aliphatic carbocycles. The average molecular weight is 393 g/mol. The number of halogens is 1. The molecule has 0 radical (unpaired) electrons. The van der Waals surface area contributed by atoms with Crippen molar-refractivity contribution in [3.8, 4) is 10.6 Å². The molecule has 0 unspecified atom stereocenters. The van der Waals surface area contributed by atoms with Crippen LogP contribution in [0.3, 0.4) is 0 Å². The highest BCUT2D eigenvalue weighted by atomic mass is 35.5. The van der Waals surface area contributed by atoms with Crippen molar-refractivity contribution in [3.63, 3.8) is 0 Å². The van der Waals surface area contributed by atoms with Crippen LogP contribution in [-0.2, 0) is 6.54 Å². The number of aromatic nitrogens is 1. The lowest BCUT2D eigenvalue weighted by molar-refractivity contribution is 0.0951. The summed E-state index contributed by atoms with van der Waals surface area (Å²) in [5.41, 5.74) is 4.66. The molecule has 3 nitrogen and oxygen atoms in total. The zero-order chi connectivity index (χ0) is 18.8. The van der Waals surface area contributed by atoms with Gasteiger partial charge < -0.3 is 5.32 Å². The summed E-state index contributed by atoms with van der Waals surface area (Å²) in [5, 5.41) is 4.53. The Labute approximate surface area is 166 Å². The van der Waals surface area contributed by atoms with E-state index in [0.29, 0.717) is 17.1 Å². The third-order valence-electron chi connectivity index (χ3n) is 4.38. The Balaban J connectivity index is 1.44. The highest BCUT2D eigenvalue weighted by Gasteiger charge is 2.08. The van der Waals surface area contributed by atoms with Crippen LogP contribution in [-0.4, -0.2) is 10.9 Å². The second kappa shape index (κ2) is 7.51. The zero-order valence-electron chi connectivity index (χ0n) is 14.7. The van der Waals surface area contributed by atoms with E-state index >= 15 is 0 Å². The van der Waals surface area contributed by atoms with Gasteiger partial charge in [-0.15, -0.1) is 11.3 Å². The molecule has 4 aromatic rings. The van der Waals surface area contributed by atoms with Gasteiger partial charge in [0, 0.05) is 22.7 Å². The van der Waals surface area contributed by atoms with E-state index in [1.807, 2.05) is 55.5 Å². The van der Waals surface area contributed by atoms with Gasteiger partial charge >= 0.3 is 0 Å². The lowest BCUT2D eigenvalue weighted by Crippen LogP contribution is -2.22. The molecule has 0 aliphatic heterocycles. The van der Waals surface area contributed by atoms with E-state index in [1.165, 1.54) is 4.70 Å². The van der Waals surface area contributed by atoms with Gasteiger partial charge in [0.1, 0.15) is 5.01 Å². The van der Waals surface area contributed by atoms with Crippen LogP contribution in [0.1, 0.15) is 21.5 Å². The molecule has 0 atom stereocenters. The molecule has 27 heavy (non-hydrogen) atoms. The molecule has 0 saturated heterocycles. The van der Waals surface area contributed by atoms with E-state index in [4.69, 9.17) is 11.6 Å². The quantitative estimate of drug-likeness (QED) is 0.473. The van der Waals surface area contributed by atoms with Crippen molar-refractivity contribution < 1.29 is 4.79 Å². The second-order valence-electron chi connectivity index (χ2n) is 6.33. The molecule has 0 aliphatic rings. The van der Waals surface area contributed by atoms with Crippen molar-refractivity contribution in [1.29, 1.82) is 0 Å². The Morgan fingerprint density at radius 2 is 1.85 bits per heavy atom. The topological polar surface area (TPSA) is 42.0 Å². The number of nitrogens with zero attached hydrogens (tertiary/aromatic N) is 1. The average Bonchev–Trinajstić information content (AvgIpc) is 3.13. The molecule has 0 bridgehead atoms. The summed E-state index contributed by atoms with van der Waals surface area (Å²) in [7, 11) is 0. The second-order valence-corrected chi connectivity index (χ2v) is 7.77. The summed E-state index contributed by atoms with van der Waals surface area (Å²) in [4.78, 5) is 17.0. The van der Waals surface area contributed by atoms with Crippen LogP contribution < -0.4 is 5.32 Å². The van der Waals surface area contributed by atoms with Crippen LogP contribution in [0.2, 0.25) is 5.02 Å². The molecule has 1 amide bonds. The summed E-state index contributed by atoms with van der Waals surface area (Å²) < 4.78 is 1.18. The van der Waals surface area contributed by atoms with Gasteiger partial charge in [-0.05, 0) is 42.3 Å². The monoisotopic (exact) mass is 392 g/mol. The fourth-order valence-electron chi connectivity index (χ4n) is 2.78. The molecular formula is C22H17ClN2OS. The maximum atomic E-state index is 12.3. The smallest absolute Gasteiger partial charge is 0.251 e. The predicted octanol–water partition coefficient (Wildman–Crippen LogP) is 5.86. The standard InChI is InChI=1S/C22H17ClN2OS/c1-14-6-9-17(12-18(14)23)21(26)24-13-15-7-10-16(11-8-15)22-25-19-4-2-3-5-20(19)27-22/h2-12H,13H2,1H3,(H,24,26). The molecule has 1 aromatic heterocycles. The number of benzene rings is 3. The molecule has 0 saturated carbocycles. The fourth-order valence-corrected chi connectivity index (χ4v) is 3.93. The van der Waals surface area contributed by atoms with E-state index in [-0.39, 0.29) is 5.91 Å². The number of para-hydroxylation sites is 1. The van der Waals surface area contributed by atoms with E-state index in [0.717, 1.165) is 27.2 Å². The summed E-state index contributed by atoms with van der Waals surface area (Å²) in [6.07, 6.45) is 0. The van der Waals surface area contributed by atoms with Crippen molar-refractivity contribution in [2.24, 2.45) is 0 Å². The van der Waals surface area contributed by atoms with Crippen LogP contribution in [0.4, 0.5) is 0 Å². The summed E-state index contributed by atoms with van der Waals surface area (Å²) >= 11 is 7.78. The number of hydrogen-bond acceptors (Lipinski definition) is 3. The number of hydrogen-bond donors (Lipinski definition) is 1. The van der Waals surface area contributed by atoms with Gasteiger partial charge in [-0.3, -0.25) is 4.79 Å². The number of carbonyl (C=O) groups is 1. The number of carbonyl (C=O) groups excluding carboxylic acids is 1. The molecule has 1 N–H and O–H groups in total. The number of rotatable bonds is 4. The van der Waals surface area contributed by atoms with Crippen molar-refractivity contribution in [2.45, 2.75) is 13.5 Å². The first kappa shape index (κ1) is 17.7. The molecule has 3 aromatic carbocycles. The minimum Gasteiger partial charge on any atom is -0.348 e. The molecule has 1 heterocycles. The Hall–Kier alpha value is -2.69. The Morgan fingerprint density at radius 1 is 1.07 bits per heavy atom. The van der Waals surface area contributed by atoms with E-state index in [1.54, 1.807) is 23.5 Å². The SMILES string of the molecule is Cc1ccc(C(=O)NCc2ccc(-c3nc4ccccc4s3)cc2)cc1Cl. The van der Waals surface area contributed by atoms with Gasteiger partial charge in [0.2, 0.25) is 0 Å². The lowest BCUT2D eigenvalue weighted by Gasteiger charge is -2.07. The Morgan fingerprint density at radius 3 is 2.59 bits per heavy atom. The third kappa shape index (κ3) is 3.87. The first-order chi connectivity index (χ1) is 13.1. The van der Waals surface area contributed by atoms with Crippen molar-refractivity contribution in [2.75, 3.05) is 0 Å². The van der Waals surface area contributed by atoms with Crippen LogP contribution in [0.25, 0.3) is 20.8 Å². The highest BCUT2D eigenvalue weighted by molar-refractivity contribution is 7.21. The number of thiazole rings is 1. The first-order valence-electron chi connectivity index (χ1n) is 8.59. The lowest BCUT2D eigenvalue weighted by atomic mass is 10.1. The molecule has 0 fully saturated rings. The maximum Gasteiger partial charge on any atom is 0.251 e. The predicted molar refractivity (Wildman–Crippen MR) is 112 cm³/mol.